The van der Waals surface area contributed by atoms with Crippen LogP contribution >= 0.6 is 0 Å². The lowest BCUT2D eigenvalue weighted by atomic mass is 9.93. The Morgan fingerprint density at radius 1 is 1.31 bits per heavy atom. The maximum atomic E-state index is 12.2. The maximum absolute atomic E-state index is 12.2. The van der Waals surface area contributed by atoms with Crippen LogP contribution in [0, 0.1) is 0 Å². The number of alkyl halides is 1. The third kappa shape index (κ3) is 1.90. The Hall–Kier alpha value is -1.13. The van der Waals surface area contributed by atoms with Crippen molar-refractivity contribution in [3.8, 4) is 0 Å². The van der Waals surface area contributed by atoms with E-state index >= 15 is 0 Å². The van der Waals surface area contributed by atoms with Gasteiger partial charge in [-0.1, -0.05) is 12.8 Å². The van der Waals surface area contributed by atoms with Crippen LogP contribution in [0.4, 0.5) is 4.39 Å². The Bertz CT molecular complexity index is 300. The Balaban J connectivity index is 2.09. The van der Waals surface area contributed by atoms with Gasteiger partial charge in [0.25, 0.3) is 0 Å². The molecule has 4 nitrogen and oxygen atoms in total. The summed E-state index contributed by atoms with van der Waals surface area (Å²) >= 11 is 0. The molecule has 5 heteroatoms. The van der Waals surface area contributed by atoms with Crippen molar-refractivity contribution in [2.45, 2.75) is 37.6 Å². The molecule has 1 aliphatic heterocycles. The fourth-order valence-electron chi connectivity index (χ4n) is 2.66. The number of carbonyl (C=O) groups excluding carboxylic acids is 2. The van der Waals surface area contributed by atoms with Crippen LogP contribution in [-0.4, -0.2) is 42.0 Å². The minimum Gasteiger partial charge on any atom is -0.340 e. The summed E-state index contributed by atoms with van der Waals surface area (Å²) in [6, 6.07) is 0. The van der Waals surface area contributed by atoms with E-state index in [0.29, 0.717) is 13.0 Å². The van der Waals surface area contributed by atoms with Gasteiger partial charge in [0.2, 0.25) is 11.8 Å². The zero-order valence-electron chi connectivity index (χ0n) is 9.30. The smallest absolute Gasteiger partial charge is 0.248 e. The lowest BCUT2D eigenvalue weighted by Crippen LogP contribution is -2.65. The molecule has 1 N–H and O–H groups in total. The van der Waals surface area contributed by atoms with Crippen molar-refractivity contribution in [2.24, 2.45) is 0 Å². The predicted octanol–water partition coefficient (Wildman–Crippen LogP) is 0.617. The molecule has 0 bridgehead atoms. The number of hydrogen-bond acceptors (Lipinski definition) is 2. The Morgan fingerprint density at radius 3 is 2.62 bits per heavy atom. The van der Waals surface area contributed by atoms with Crippen LogP contribution < -0.4 is 5.32 Å². The third-order valence-corrected chi connectivity index (χ3v) is 3.43. The van der Waals surface area contributed by atoms with Crippen molar-refractivity contribution in [1.29, 1.82) is 0 Å². The molecular formula is C11H17FN2O2. The van der Waals surface area contributed by atoms with Crippen LogP contribution in [0.5, 0.6) is 0 Å². The minimum atomic E-state index is -0.661. The van der Waals surface area contributed by atoms with Crippen molar-refractivity contribution >= 4 is 11.8 Å². The molecule has 2 fully saturated rings. The van der Waals surface area contributed by atoms with Gasteiger partial charge in [-0.05, 0) is 19.3 Å². The highest BCUT2D eigenvalue weighted by Gasteiger charge is 2.47. The average molecular weight is 228 g/mol. The van der Waals surface area contributed by atoms with Crippen molar-refractivity contribution < 1.29 is 14.0 Å². The molecule has 16 heavy (non-hydrogen) atoms. The molecule has 0 atom stereocenters. The molecule has 2 aliphatic rings. The molecule has 1 aliphatic carbocycles. The number of hydrogen-bond donors (Lipinski definition) is 1. The summed E-state index contributed by atoms with van der Waals surface area (Å²) < 4.78 is 12.1. The maximum Gasteiger partial charge on any atom is 0.248 e. The van der Waals surface area contributed by atoms with Crippen LogP contribution in [0.3, 0.4) is 0 Å². The number of nitrogens with one attached hydrogen (secondary N) is 1. The van der Waals surface area contributed by atoms with E-state index in [1.807, 2.05) is 0 Å². The number of nitrogens with zero attached hydrogens (tertiary/aromatic N) is 1. The molecule has 1 saturated carbocycles. The lowest BCUT2D eigenvalue weighted by Gasteiger charge is -2.39. The van der Waals surface area contributed by atoms with Gasteiger partial charge < -0.3 is 10.2 Å². The highest BCUT2D eigenvalue weighted by molar-refractivity contribution is 5.98. The predicted molar refractivity (Wildman–Crippen MR) is 56.5 cm³/mol. The van der Waals surface area contributed by atoms with E-state index in [0.717, 1.165) is 25.7 Å². The van der Waals surface area contributed by atoms with Crippen molar-refractivity contribution in [1.82, 2.24) is 10.2 Å². The van der Waals surface area contributed by atoms with Crippen molar-refractivity contribution in [2.75, 3.05) is 19.8 Å². The van der Waals surface area contributed by atoms with Crippen LogP contribution in [0.1, 0.15) is 32.1 Å². The number of halogens is 1. The first-order chi connectivity index (χ1) is 7.68. The average Bonchev–Trinajstić information content (AvgIpc) is 2.71. The van der Waals surface area contributed by atoms with Gasteiger partial charge in [0.05, 0.1) is 13.2 Å². The van der Waals surface area contributed by atoms with E-state index in [9.17, 15) is 14.0 Å². The number of amides is 2. The monoisotopic (exact) mass is 228 g/mol. The van der Waals surface area contributed by atoms with Crippen LogP contribution in [-0.2, 0) is 9.59 Å². The van der Waals surface area contributed by atoms with Crippen molar-refractivity contribution in [3.05, 3.63) is 0 Å². The summed E-state index contributed by atoms with van der Waals surface area (Å²) in [6.07, 6.45) is 3.72. The number of carbonyl (C=O) groups is 2. The fraction of sp³-hybridized carbons (Fsp3) is 0.818. The Kier molecular flexibility index (Phi) is 3.12. The topological polar surface area (TPSA) is 49.4 Å². The summed E-state index contributed by atoms with van der Waals surface area (Å²) in [4.78, 5) is 25.2. The second kappa shape index (κ2) is 4.39. The van der Waals surface area contributed by atoms with Gasteiger partial charge in [0.15, 0.2) is 0 Å². The normalized spacial score (nSPS) is 23.9. The number of rotatable bonds is 3. The Morgan fingerprint density at radius 2 is 2.00 bits per heavy atom. The molecule has 1 spiro atoms. The lowest BCUT2D eigenvalue weighted by molar-refractivity contribution is -0.149. The first-order valence-electron chi connectivity index (χ1n) is 5.84. The Labute approximate surface area is 94.2 Å². The fourth-order valence-corrected chi connectivity index (χ4v) is 2.66. The standard InChI is InChI=1S/C11H17FN2O2/c12-6-3-7-14-8-9(15)13-11(10(14)16)4-1-2-5-11/h1-8H2,(H,13,15). The molecule has 2 amide bonds. The molecule has 1 saturated heterocycles. The van der Waals surface area contributed by atoms with E-state index in [1.54, 1.807) is 0 Å². The molecule has 0 radical (unpaired) electrons. The van der Waals surface area contributed by atoms with Gasteiger partial charge in [-0.2, -0.15) is 0 Å². The zero-order chi connectivity index (χ0) is 11.6. The largest absolute Gasteiger partial charge is 0.340 e. The molecule has 0 aromatic heterocycles. The minimum absolute atomic E-state index is 0.0157. The van der Waals surface area contributed by atoms with Crippen LogP contribution in [0.2, 0.25) is 0 Å². The molecule has 2 rings (SSSR count). The molecular weight excluding hydrogens is 211 g/mol. The summed E-state index contributed by atoms with van der Waals surface area (Å²) in [7, 11) is 0. The SMILES string of the molecule is O=C1CN(CCCF)C(=O)C2(CCCC2)N1. The van der Waals surface area contributed by atoms with Gasteiger partial charge in [-0.15, -0.1) is 0 Å². The quantitative estimate of drug-likeness (QED) is 0.769. The summed E-state index contributed by atoms with van der Waals surface area (Å²) in [5, 5.41) is 2.82. The third-order valence-electron chi connectivity index (χ3n) is 3.43. The zero-order valence-corrected chi connectivity index (χ0v) is 9.30. The first-order valence-corrected chi connectivity index (χ1v) is 5.84. The second-order valence-electron chi connectivity index (χ2n) is 4.61. The van der Waals surface area contributed by atoms with Crippen molar-refractivity contribution in [3.63, 3.8) is 0 Å². The summed E-state index contributed by atoms with van der Waals surface area (Å²) in [5.74, 6) is -0.126. The highest BCUT2D eigenvalue weighted by atomic mass is 19.1. The van der Waals surface area contributed by atoms with Gasteiger partial charge in [0, 0.05) is 6.54 Å². The molecule has 0 unspecified atom stereocenters. The van der Waals surface area contributed by atoms with E-state index in [1.165, 1.54) is 4.90 Å². The second-order valence-corrected chi connectivity index (χ2v) is 4.61. The van der Waals surface area contributed by atoms with E-state index in [2.05, 4.69) is 5.32 Å². The molecule has 1 heterocycles. The van der Waals surface area contributed by atoms with Gasteiger partial charge >= 0.3 is 0 Å². The number of piperazine rings is 1. The van der Waals surface area contributed by atoms with E-state index in [-0.39, 0.29) is 18.4 Å². The van der Waals surface area contributed by atoms with E-state index in [4.69, 9.17) is 0 Å². The molecule has 90 valence electrons. The van der Waals surface area contributed by atoms with Gasteiger partial charge in [-0.25, -0.2) is 0 Å². The summed E-state index contributed by atoms with van der Waals surface area (Å²) in [6.45, 7) is -0.0104. The van der Waals surface area contributed by atoms with Gasteiger partial charge in [-0.3, -0.25) is 14.0 Å². The molecule has 0 aromatic carbocycles. The molecule has 0 aromatic rings. The van der Waals surface area contributed by atoms with Crippen LogP contribution in [0.25, 0.3) is 0 Å². The summed E-state index contributed by atoms with van der Waals surface area (Å²) in [5.41, 5.74) is -0.661. The van der Waals surface area contributed by atoms with Gasteiger partial charge in [0.1, 0.15) is 5.54 Å². The first kappa shape index (κ1) is 11.4. The van der Waals surface area contributed by atoms with Crippen LogP contribution in [0.15, 0.2) is 0 Å². The van der Waals surface area contributed by atoms with E-state index < -0.39 is 12.2 Å². The highest BCUT2D eigenvalue weighted by Crippen LogP contribution is 2.33.